The fraction of sp³-hybridized carbons (Fsp3) is 0.185. The van der Waals surface area contributed by atoms with Crippen molar-refractivity contribution in [2.75, 3.05) is 0 Å². The Morgan fingerprint density at radius 2 is 0.789 bits per heavy atom. The van der Waals surface area contributed by atoms with Crippen LogP contribution in [0.3, 0.4) is 0 Å². The van der Waals surface area contributed by atoms with Crippen molar-refractivity contribution < 1.29 is 41.4 Å². The Hall–Kier alpha value is -4.43. The number of fused-ring (bicyclic) bond motifs is 6. The second kappa shape index (κ2) is 15.1. The smallest absolute Gasteiger partial charge is 1.00 e. The molecule has 0 spiro atoms. The summed E-state index contributed by atoms with van der Waals surface area (Å²) >= 11 is -2.61. The number of benzene rings is 8. The van der Waals surface area contributed by atoms with Crippen molar-refractivity contribution in [1.29, 1.82) is 0 Å². The first-order valence-electron chi connectivity index (χ1n) is 20.7. The van der Waals surface area contributed by atoms with E-state index >= 15 is 0 Å². The summed E-state index contributed by atoms with van der Waals surface area (Å²) in [4.78, 5) is 0. The second-order valence-electron chi connectivity index (χ2n) is 16.5. The molecular formula is C54H46Cl2Ti. The third kappa shape index (κ3) is 5.90. The molecule has 1 fully saturated rings. The van der Waals surface area contributed by atoms with Gasteiger partial charge in [0.05, 0.1) is 0 Å². The van der Waals surface area contributed by atoms with Crippen LogP contribution in [0.4, 0.5) is 0 Å². The zero-order chi connectivity index (χ0) is 36.7. The Morgan fingerprint density at radius 1 is 0.439 bits per heavy atom. The molecule has 0 radical (unpaired) electrons. The molecule has 57 heavy (non-hydrogen) atoms. The minimum atomic E-state index is -2.61. The molecule has 8 aromatic carbocycles. The van der Waals surface area contributed by atoms with Crippen LogP contribution in [0, 0.1) is 0 Å². The van der Waals surface area contributed by atoms with Crippen LogP contribution < -0.4 is 24.8 Å². The van der Waals surface area contributed by atoms with Crippen molar-refractivity contribution in [2.24, 2.45) is 0 Å². The Morgan fingerprint density at radius 3 is 1.12 bits per heavy atom. The molecule has 0 nitrogen and oxygen atoms in total. The molecule has 2 atom stereocenters. The molecule has 0 saturated carbocycles. The largest absolute Gasteiger partial charge is 1.00 e. The van der Waals surface area contributed by atoms with Crippen LogP contribution in [-0.4, -0.2) is 0 Å². The molecular weight excluding hydrogens is 767 g/mol. The molecule has 3 aliphatic rings. The van der Waals surface area contributed by atoms with Crippen molar-refractivity contribution in [3.05, 3.63) is 179 Å². The minimum Gasteiger partial charge on any atom is -1.00 e. The van der Waals surface area contributed by atoms with E-state index in [1.165, 1.54) is 112 Å². The van der Waals surface area contributed by atoms with Gasteiger partial charge < -0.3 is 24.8 Å². The summed E-state index contributed by atoms with van der Waals surface area (Å²) in [6, 6.07) is 55.6. The molecule has 0 amide bonds. The summed E-state index contributed by atoms with van der Waals surface area (Å²) in [5, 5.41) is 10.7. The number of hydrogen-bond acceptors (Lipinski definition) is 0. The summed E-state index contributed by atoms with van der Waals surface area (Å²) in [5.41, 5.74) is 15.4. The van der Waals surface area contributed by atoms with Crippen molar-refractivity contribution in [3.8, 4) is 22.3 Å². The van der Waals surface area contributed by atoms with Gasteiger partial charge in [0.25, 0.3) is 0 Å². The maximum absolute atomic E-state index is 2.69. The number of rotatable bonds is 8. The third-order valence-corrected chi connectivity index (χ3v) is 21.7. The molecule has 8 aromatic rings. The second-order valence-corrected chi connectivity index (χ2v) is 23.8. The zero-order valence-electron chi connectivity index (χ0n) is 32.7. The summed E-state index contributed by atoms with van der Waals surface area (Å²) in [6.07, 6.45) is 10.2. The van der Waals surface area contributed by atoms with E-state index in [9.17, 15) is 0 Å². The molecule has 2 unspecified atom stereocenters. The topological polar surface area (TPSA) is 0 Å². The van der Waals surface area contributed by atoms with Crippen LogP contribution in [0.15, 0.2) is 157 Å². The summed E-state index contributed by atoms with van der Waals surface area (Å²) in [5.74, 6) is 0. The van der Waals surface area contributed by atoms with E-state index < -0.39 is 16.6 Å². The van der Waals surface area contributed by atoms with Crippen LogP contribution in [0.25, 0.3) is 77.5 Å². The van der Waals surface area contributed by atoms with Gasteiger partial charge in [-0.25, -0.2) is 0 Å². The van der Waals surface area contributed by atoms with Crippen LogP contribution in [0.5, 0.6) is 0 Å². The Balaban J connectivity index is 0.00000211. The van der Waals surface area contributed by atoms with Gasteiger partial charge in [0.2, 0.25) is 0 Å². The number of halogens is 2. The van der Waals surface area contributed by atoms with Crippen molar-refractivity contribution >= 4 is 55.2 Å². The standard InChI is InChI=1S/2C26H21.C2H4.2ClH.Ti/c2*1-2-8-18-15-19-11-7-14-24(25(19)16-18)26-22-12-5-3-9-20(22)17-21-10-4-6-13-23(21)26;1-2;;;/h2*3-7,9-17H,2,8H2,1H3;1-2H2;2*1H;/q;;;;;+2/p-2. The quantitative estimate of drug-likeness (QED) is 0.106. The molecule has 1 heterocycles. The first-order chi connectivity index (χ1) is 27.2. The van der Waals surface area contributed by atoms with Crippen LogP contribution >= 0.6 is 0 Å². The van der Waals surface area contributed by atoms with Crippen LogP contribution in [0.2, 0.25) is 9.45 Å². The average molecular weight is 814 g/mol. The molecule has 1 aliphatic heterocycles. The fourth-order valence-corrected chi connectivity index (χ4v) is 21.6. The summed E-state index contributed by atoms with van der Waals surface area (Å²) in [6.45, 7) is 4.78. The Kier molecular flexibility index (Phi) is 10.1. The number of allylic oxidation sites excluding steroid dienone is 2. The van der Waals surface area contributed by atoms with E-state index in [2.05, 4.69) is 172 Å². The van der Waals surface area contributed by atoms with Gasteiger partial charge in [-0.15, -0.1) is 0 Å². The van der Waals surface area contributed by atoms with Gasteiger partial charge in [0.1, 0.15) is 0 Å². The maximum atomic E-state index is 2.69. The molecule has 0 aromatic heterocycles. The SMILES string of the molecule is CCCC1=Cc2c(-c3c4ccccc4cc4ccccc34)cccc2[CH]1[Ti+2]1([CH]2C(CCC)=Cc3c(-c4c5ccccc5cc5ccccc45)cccc32)[CH2][CH2]1.[Cl-].[Cl-]. The van der Waals surface area contributed by atoms with Gasteiger partial charge in [-0.1, -0.05) is 0 Å². The van der Waals surface area contributed by atoms with Crippen molar-refractivity contribution in [3.63, 3.8) is 0 Å². The molecule has 3 heteroatoms. The normalized spacial score (nSPS) is 16.9. The summed E-state index contributed by atoms with van der Waals surface area (Å²) < 4.78 is 4.13. The Labute approximate surface area is 352 Å². The van der Waals surface area contributed by atoms with Gasteiger partial charge in [0, 0.05) is 0 Å². The predicted octanol–water partition coefficient (Wildman–Crippen LogP) is 9.82. The molecule has 1 saturated heterocycles. The predicted molar refractivity (Wildman–Crippen MR) is 235 cm³/mol. The maximum Gasteiger partial charge on any atom is -1.00 e. The van der Waals surface area contributed by atoms with E-state index in [-0.39, 0.29) is 24.8 Å². The molecule has 11 rings (SSSR count). The molecule has 2 aliphatic carbocycles. The van der Waals surface area contributed by atoms with Gasteiger partial charge in [0.15, 0.2) is 0 Å². The van der Waals surface area contributed by atoms with Crippen LogP contribution in [-0.2, 0) is 16.6 Å². The van der Waals surface area contributed by atoms with Gasteiger partial charge in [-0.05, 0) is 0 Å². The zero-order valence-corrected chi connectivity index (χ0v) is 35.7. The number of hydrogen-bond donors (Lipinski definition) is 0. The van der Waals surface area contributed by atoms with Crippen LogP contribution in [0.1, 0.15) is 70.2 Å². The first-order valence-corrected chi connectivity index (χ1v) is 24.7. The monoisotopic (exact) mass is 812 g/mol. The van der Waals surface area contributed by atoms with Crippen molar-refractivity contribution in [2.45, 2.75) is 57.4 Å². The van der Waals surface area contributed by atoms with Gasteiger partial charge in [-0.3, -0.25) is 0 Å². The van der Waals surface area contributed by atoms with E-state index in [1.807, 2.05) is 0 Å². The summed E-state index contributed by atoms with van der Waals surface area (Å²) in [7, 11) is 0. The van der Waals surface area contributed by atoms with E-state index in [0.29, 0.717) is 8.45 Å². The molecule has 0 bridgehead atoms. The van der Waals surface area contributed by atoms with Crippen molar-refractivity contribution in [1.82, 2.24) is 0 Å². The first kappa shape index (κ1) is 38.1. The average Bonchev–Trinajstić information content (AvgIpc) is 3.77. The molecule has 0 N–H and O–H groups in total. The van der Waals surface area contributed by atoms with Gasteiger partial charge in [-0.2, -0.15) is 0 Å². The fourth-order valence-electron chi connectivity index (χ4n) is 11.2. The minimum absolute atomic E-state index is 0. The van der Waals surface area contributed by atoms with E-state index in [0.717, 1.165) is 0 Å². The molecule has 280 valence electrons. The third-order valence-electron chi connectivity index (χ3n) is 13.4. The van der Waals surface area contributed by atoms with E-state index in [4.69, 9.17) is 0 Å². The Bertz CT molecular complexity index is 2630. The van der Waals surface area contributed by atoms with E-state index in [1.54, 1.807) is 22.3 Å². The van der Waals surface area contributed by atoms with Gasteiger partial charge >= 0.3 is 331 Å².